The fourth-order valence-corrected chi connectivity index (χ4v) is 2.40. The first-order valence-corrected chi connectivity index (χ1v) is 6.08. The second-order valence-electron chi connectivity index (χ2n) is 1.92. The van der Waals surface area contributed by atoms with Gasteiger partial charge in [0.25, 0.3) is 0 Å². The van der Waals surface area contributed by atoms with Crippen molar-refractivity contribution in [3.8, 4) is 0 Å². The van der Waals surface area contributed by atoms with Gasteiger partial charge in [0.05, 0.1) is 0 Å². The lowest BCUT2D eigenvalue weighted by molar-refractivity contribution is 0.130. The molecule has 0 saturated carbocycles. The minimum Gasteiger partial charge on any atom is -0.230 e. The topological polar surface area (TPSA) is 6.48 Å². The SMILES string of the molecule is CN1CC=CCN1SI. The molecule has 0 bridgehead atoms. The summed E-state index contributed by atoms with van der Waals surface area (Å²) in [6.07, 6.45) is 4.37. The molecule has 4 heteroatoms. The van der Waals surface area contributed by atoms with Crippen LogP contribution in [0.4, 0.5) is 0 Å². The fourth-order valence-electron chi connectivity index (χ4n) is 0.703. The summed E-state index contributed by atoms with van der Waals surface area (Å²) >= 11 is 2.29. The molecule has 0 aromatic carbocycles. The maximum atomic E-state index is 2.29. The van der Waals surface area contributed by atoms with Crippen LogP contribution in [-0.4, -0.2) is 29.6 Å². The minimum atomic E-state index is 1.03. The zero-order valence-electron chi connectivity index (χ0n) is 5.25. The first-order chi connectivity index (χ1) is 4.34. The lowest BCUT2D eigenvalue weighted by Crippen LogP contribution is -2.36. The molecular weight excluding hydrogens is 247 g/mol. The molecule has 0 spiro atoms. The average molecular weight is 256 g/mol. The van der Waals surface area contributed by atoms with Gasteiger partial charge in [0.15, 0.2) is 0 Å². The fraction of sp³-hybridized carbons (Fsp3) is 0.600. The molecule has 1 heterocycles. The van der Waals surface area contributed by atoms with Crippen LogP contribution in [0.25, 0.3) is 0 Å². The highest BCUT2D eigenvalue weighted by atomic mass is 127. The molecular formula is C5H9IN2S. The summed E-state index contributed by atoms with van der Waals surface area (Å²) in [7, 11) is 3.82. The van der Waals surface area contributed by atoms with E-state index in [2.05, 4.69) is 49.8 Å². The summed E-state index contributed by atoms with van der Waals surface area (Å²) in [5.41, 5.74) is 0. The van der Waals surface area contributed by atoms with Crippen LogP contribution in [0.2, 0.25) is 0 Å². The molecule has 1 aliphatic rings. The van der Waals surface area contributed by atoms with Crippen molar-refractivity contribution in [2.24, 2.45) is 0 Å². The molecule has 1 aliphatic heterocycles. The Hall–Kier alpha value is 0.740. The lowest BCUT2D eigenvalue weighted by Gasteiger charge is -2.29. The van der Waals surface area contributed by atoms with Crippen LogP contribution in [0.1, 0.15) is 0 Å². The van der Waals surface area contributed by atoms with Gasteiger partial charge < -0.3 is 0 Å². The van der Waals surface area contributed by atoms with Crippen molar-refractivity contribution in [2.45, 2.75) is 0 Å². The molecule has 0 radical (unpaired) electrons. The molecule has 0 unspecified atom stereocenters. The van der Waals surface area contributed by atoms with Crippen LogP contribution in [0.3, 0.4) is 0 Å². The summed E-state index contributed by atoms with van der Waals surface area (Å²) in [4.78, 5) is 0. The molecule has 0 atom stereocenters. The van der Waals surface area contributed by atoms with E-state index in [1.54, 1.807) is 9.12 Å². The van der Waals surface area contributed by atoms with Crippen molar-refractivity contribution >= 4 is 30.3 Å². The summed E-state index contributed by atoms with van der Waals surface area (Å²) in [6.45, 7) is 2.07. The van der Waals surface area contributed by atoms with Crippen molar-refractivity contribution < 1.29 is 0 Å². The Balaban J connectivity index is 2.43. The van der Waals surface area contributed by atoms with Crippen molar-refractivity contribution in [1.82, 2.24) is 9.42 Å². The van der Waals surface area contributed by atoms with Gasteiger partial charge in [0, 0.05) is 50.5 Å². The Morgan fingerprint density at radius 2 is 2.11 bits per heavy atom. The molecule has 0 aliphatic carbocycles. The molecule has 0 amide bonds. The summed E-state index contributed by atoms with van der Waals surface area (Å²) in [6, 6.07) is 0. The quantitative estimate of drug-likeness (QED) is 0.400. The Bertz CT molecular complexity index is 118. The zero-order chi connectivity index (χ0) is 6.69. The van der Waals surface area contributed by atoms with Crippen molar-refractivity contribution in [2.75, 3.05) is 20.1 Å². The van der Waals surface area contributed by atoms with Crippen LogP contribution < -0.4 is 0 Å². The first-order valence-electron chi connectivity index (χ1n) is 2.77. The van der Waals surface area contributed by atoms with Crippen LogP contribution in [-0.2, 0) is 0 Å². The highest BCUT2D eigenvalue weighted by Gasteiger charge is 2.09. The van der Waals surface area contributed by atoms with E-state index in [4.69, 9.17) is 0 Å². The van der Waals surface area contributed by atoms with E-state index in [0.29, 0.717) is 0 Å². The third-order valence-electron chi connectivity index (χ3n) is 1.26. The molecule has 0 fully saturated rings. The second kappa shape index (κ2) is 3.80. The highest BCUT2D eigenvalue weighted by molar-refractivity contribution is 14.2. The van der Waals surface area contributed by atoms with E-state index in [0.717, 1.165) is 13.1 Å². The smallest absolute Gasteiger partial charge is 0.0436 e. The van der Waals surface area contributed by atoms with Crippen LogP contribution >= 0.6 is 30.3 Å². The van der Waals surface area contributed by atoms with E-state index >= 15 is 0 Å². The largest absolute Gasteiger partial charge is 0.230 e. The third kappa shape index (κ3) is 2.10. The minimum absolute atomic E-state index is 1.03. The lowest BCUT2D eigenvalue weighted by atomic mass is 10.4. The van der Waals surface area contributed by atoms with Crippen LogP contribution in [0, 0.1) is 0 Å². The van der Waals surface area contributed by atoms with Crippen LogP contribution in [0.15, 0.2) is 12.2 Å². The second-order valence-corrected chi connectivity index (χ2v) is 3.66. The number of likely N-dealkylation sites (N-methyl/N-ethyl adjacent to an activating group) is 1. The Morgan fingerprint density at radius 1 is 1.44 bits per heavy atom. The van der Waals surface area contributed by atoms with Gasteiger partial charge in [-0.25, -0.2) is 5.01 Å². The Labute approximate surface area is 72.0 Å². The number of hydrazine groups is 1. The van der Waals surface area contributed by atoms with E-state index in [-0.39, 0.29) is 0 Å². The Kier molecular flexibility index (Phi) is 3.31. The third-order valence-corrected chi connectivity index (χ3v) is 3.21. The van der Waals surface area contributed by atoms with E-state index in [9.17, 15) is 0 Å². The molecule has 0 saturated heterocycles. The van der Waals surface area contributed by atoms with E-state index < -0.39 is 0 Å². The van der Waals surface area contributed by atoms with Crippen molar-refractivity contribution in [3.05, 3.63) is 12.2 Å². The molecule has 0 aromatic rings. The van der Waals surface area contributed by atoms with Gasteiger partial charge in [-0.05, 0) is 0 Å². The van der Waals surface area contributed by atoms with Gasteiger partial charge >= 0.3 is 0 Å². The van der Waals surface area contributed by atoms with Gasteiger partial charge in [-0.2, -0.15) is 4.41 Å². The first kappa shape index (κ1) is 7.84. The summed E-state index contributed by atoms with van der Waals surface area (Å²) in [5, 5.41) is 2.19. The summed E-state index contributed by atoms with van der Waals surface area (Å²) in [5.74, 6) is 0. The molecule has 0 aromatic heterocycles. The standard InChI is InChI=1S/C5H9IN2S/c1-7-4-2-3-5-8(7)9-6/h2-3H,4-5H2,1H3. The van der Waals surface area contributed by atoms with Crippen molar-refractivity contribution in [3.63, 3.8) is 0 Å². The number of rotatable bonds is 1. The predicted octanol–water partition coefficient (Wildman–Crippen LogP) is 1.70. The van der Waals surface area contributed by atoms with E-state index in [1.165, 1.54) is 0 Å². The molecule has 2 nitrogen and oxygen atoms in total. The average Bonchev–Trinajstić information content (AvgIpc) is 1.89. The normalized spacial score (nSPS) is 22.9. The number of halogens is 1. The van der Waals surface area contributed by atoms with Crippen LogP contribution in [0.5, 0.6) is 0 Å². The molecule has 1 rings (SSSR count). The van der Waals surface area contributed by atoms with Gasteiger partial charge in [-0.15, -0.1) is 0 Å². The van der Waals surface area contributed by atoms with E-state index in [1.807, 2.05) is 0 Å². The monoisotopic (exact) mass is 256 g/mol. The number of hydrogen-bond acceptors (Lipinski definition) is 3. The predicted molar refractivity (Wildman–Crippen MR) is 50.1 cm³/mol. The number of nitrogens with zero attached hydrogens (tertiary/aromatic N) is 2. The Morgan fingerprint density at radius 3 is 2.56 bits per heavy atom. The summed E-state index contributed by atoms with van der Waals surface area (Å²) < 4.78 is 2.21. The molecule has 9 heavy (non-hydrogen) atoms. The van der Waals surface area contributed by atoms with Gasteiger partial charge in [0.1, 0.15) is 0 Å². The number of hydrogen-bond donors (Lipinski definition) is 0. The van der Waals surface area contributed by atoms with Gasteiger partial charge in [-0.1, -0.05) is 12.2 Å². The zero-order valence-corrected chi connectivity index (χ0v) is 8.22. The van der Waals surface area contributed by atoms with Gasteiger partial charge in [0.2, 0.25) is 0 Å². The highest BCUT2D eigenvalue weighted by Crippen LogP contribution is 2.21. The maximum Gasteiger partial charge on any atom is 0.0436 e. The van der Waals surface area contributed by atoms with Gasteiger partial charge in [-0.3, -0.25) is 0 Å². The maximum absolute atomic E-state index is 2.29. The molecule has 52 valence electrons. The molecule has 0 N–H and O–H groups in total. The van der Waals surface area contributed by atoms with Crippen molar-refractivity contribution in [1.29, 1.82) is 0 Å².